The molecular formula is C24H26N4O4. The Balaban J connectivity index is 1.53. The Morgan fingerprint density at radius 2 is 1.62 bits per heavy atom. The lowest BCUT2D eigenvalue weighted by Gasteiger charge is -2.10. The zero-order valence-corrected chi connectivity index (χ0v) is 18.3. The standard InChI is InChI=1S/C24H26N4O4/c1-15(2)23(29)25-17-6-8-18(9-7-17)26-24(30)19-14-28(3)27-22(19)16-5-10-20-21(13-16)32-12-4-11-31-20/h5-10,13-15H,4,11-12H2,1-3H3,(H,25,29)(H,26,30). The van der Waals surface area contributed by atoms with Crippen LogP contribution in [-0.4, -0.2) is 34.8 Å². The van der Waals surface area contributed by atoms with Crippen LogP contribution in [0.4, 0.5) is 11.4 Å². The molecule has 0 unspecified atom stereocenters. The Morgan fingerprint density at radius 3 is 2.31 bits per heavy atom. The average Bonchev–Trinajstić information content (AvgIpc) is 3.01. The summed E-state index contributed by atoms with van der Waals surface area (Å²) in [5.41, 5.74) is 3.06. The average molecular weight is 434 g/mol. The van der Waals surface area contributed by atoms with Crippen LogP contribution in [0.15, 0.2) is 48.7 Å². The fourth-order valence-electron chi connectivity index (χ4n) is 3.30. The fraction of sp³-hybridized carbons (Fsp3) is 0.292. The molecule has 4 rings (SSSR count). The second-order valence-corrected chi connectivity index (χ2v) is 7.95. The molecule has 0 fully saturated rings. The van der Waals surface area contributed by atoms with E-state index in [1.807, 2.05) is 32.0 Å². The first-order chi connectivity index (χ1) is 15.4. The molecule has 0 bridgehead atoms. The van der Waals surface area contributed by atoms with E-state index < -0.39 is 0 Å². The predicted octanol–water partition coefficient (Wildman–Crippen LogP) is 4.10. The van der Waals surface area contributed by atoms with Crippen LogP contribution in [0.1, 0.15) is 30.6 Å². The highest BCUT2D eigenvalue weighted by Gasteiger charge is 2.20. The third-order valence-corrected chi connectivity index (χ3v) is 5.03. The smallest absolute Gasteiger partial charge is 0.259 e. The normalized spacial score (nSPS) is 12.9. The van der Waals surface area contributed by atoms with Crippen LogP contribution in [0.2, 0.25) is 0 Å². The Labute approximate surface area is 186 Å². The van der Waals surface area contributed by atoms with Crippen LogP contribution < -0.4 is 20.1 Å². The highest BCUT2D eigenvalue weighted by molar-refractivity contribution is 6.08. The first kappa shape index (κ1) is 21.4. The van der Waals surface area contributed by atoms with E-state index in [1.165, 1.54) is 0 Å². The molecule has 8 nitrogen and oxygen atoms in total. The van der Waals surface area contributed by atoms with Crippen molar-refractivity contribution in [2.24, 2.45) is 13.0 Å². The van der Waals surface area contributed by atoms with Crippen molar-refractivity contribution >= 4 is 23.2 Å². The number of hydrogen-bond acceptors (Lipinski definition) is 5. The van der Waals surface area contributed by atoms with Crippen LogP contribution in [0.3, 0.4) is 0 Å². The summed E-state index contributed by atoms with van der Waals surface area (Å²) in [5.74, 6) is 0.897. The van der Waals surface area contributed by atoms with Crippen molar-refractivity contribution in [1.29, 1.82) is 0 Å². The molecule has 2 N–H and O–H groups in total. The van der Waals surface area contributed by atoms with Gasteiger partial charge in [0.1, 0.15) is 5.69 Å². The number of aryl methyl sites for hydroxylation is 1. The van der Waals surface area contributed by atoms with E-state index in [-0.39, 0.29) is 17.7 Å². The first-order valence-electron chi connectivity index (χ1n) is 10.6. The molecule has 0 spiro atoms. The SMILES string of the molecule is CC(C)C(=O)Nc1ccc(NC(=O)c2cn(C)nc2-c2ccc3c(c2)OCCCO3)cc1. The van der Waals surface area contributed by atoms with E-state index in [0.29, 0.717) is 47.3 Å². The van der Waals surface area contributed by atoms with Crippen molar-refractivity contribution < 1.29 is 19.1 Å². The van der Waals surface area contributed by atoms with E-state index in [1.54, 1.807) is 42.2 Å². The van der Waals surface area contributed by atoms with Gasteiger partial charge in [-0.25, -0.2) is 0 Å². The maximum atomic E-state index is 13.0. The third kappa shape index (κ3) is 4.74. The van der Waals surface area contributed by atoms with Crippen molar-refractivity contribution in [1.82, 2.24) is 9.78 Å². The Hall–Kier alpha value is -3.81. The fourth-order valence-corrected chi connectivity index (χ4v) is 3.30. The predicted molar refractivity (Wildman–Crippen MR) is 122 cm³/mol. The summed E-state index contributed by atoms with van der Waals surface area (Å²) in [7, 11) is 1.77. The van der Waals surface area contributed by atoms with E-state index in [9.17, 15) is 9.59 Å². The number of aromatic nitrogens is 2. The molecule has 32 heavy (non-hydrogen) atoms. The molecule has 2 amide bonds. The van der Waals surface area contributed by atoms with Gasteiger partial charge in [-0.2, -0.15) is 5.10 Å². The van der Waals surface area contributed by atoms with Crippen LogP contribution in [0, 0.1) is 5.92 Å². The maximum Gasteiger partial charge on any atom is 0.259 e. The molecule has 0 saturated carbocycles. The zero-order chi connectivity index (χ0) is 22.7. The lowest BCUT2D eigenvalue weighted by atomic mass is 10.1. The monoisotopic (exact) mass is 434 g/mol. The van der Waals surface area contributed by atoms with E-state index in [2.05, 4.69) is 15.7 Å². The van der Waals surface area contributed by atoms with Crippen LogP contribution in [0.5, 0.6) is 11.5 Å². The maximum absolute atomic E-state index is 13.0. The second-order valence-electron chi connectivity index (χ2n) is 7.95. The molecule has 166 valence electrons. The Bertz CT molecular complexity index is 1140. The third-order valence-electron chi connectivity index (χ3n) is 5.03. The minimum Gasteiger partial charge on any atom is -0.490 e. The highest BCUT2D eigenvalue weighted by atomic mass is 16.5. The van der Waals surface area contributed by atoms with Gasteiger partial charge in [0, 0.05) is 42.5 Å². The number of ether oxygens (including phenoxy) is 2. The van der Waals surface area contributed by atoms with Gasteiger partial charge in [0.05, 0.1) is 18.8 Å². The van der Waals surface area contributed by atoms with Crippen LogP contribution in [-0.2, 0) is 11.8 Å². The summed E-state index contributed by atoms with van der Waals surface area (Å²) in [6.07, 6.45) is 2.51. The van der Waals surface area contributed by atoms with Crippen LogP contribution >= 0.6 is 0 Å². The van der Waals surface area contributed by atoms with Gasteiger partial charge < -0.3 is 20.1 Å². The summed E-state index contributed by atoms with van der Waals surface area (Å²) in [6.45, 7) is 4.86. The summed E-state index contributed by atoms with van der Waals surface area (Å²) in [6, 6.07) is 12.6. The van der Waals surface area contributed by atoms with Gasteiger partial charge in [-0.15, -0.1) is 0 Å². The minimum absolute atomic E-state index is 0.0584. The van der Waals surface area contributed by atoms with Gasteiger partial charge in [-0.3, -0.25) is 14.3 Å². The molecule has 1 aliphatic heterocycles. The molecule has 0 saturated heterocycles. The van der Waals surface area contributed by atoms with Crippen molar-refractivity contribution in [3.63, 3.8) is 0 Å². The topological polar surface area (TPSA) is 94.5 Å². The van der Waals surface area contributed by atoms with Gasteiger partial charge in [-0.05, 0) is 42.5 Å². The summed E-state index contributed by atoms with van der Waals surface area (Å²) < 4.78 is 13.1. The number of benzene rings is 2. The molecular weight excluding hydrogens is 408 g/mol. The quantitative estimate of drug-likeness (QED) is 0.631. The summed E-state index contributed by atoms with van der Waals surface area (Å²) in [5, 5.41) is 10.2. The van der Waals surface area contributed by atoms with Crippen molar-refractivity contribution in [2.45, 2.75) is 20.3 Å². The van der Waals surface area contributed by atoms with Crippen molar-refractivity contribution in [3.8, 4) is 22.8 Å². The highest BCUT2D eigenvalue weighted by Crippen LogP contribution is 2.35. The van der Waals surface area contributed by atoms with Crippen LogP contribution in [0.25, 0.3) is 11.3 Å². The van der Waals surface area contributed by atoms with E-state index in [0.717, 1.165) is 12.0 Å². The molecule has 3 aromatic rings. The van der Waals surface area contributed by atoms with Gasteiger partial charge in [0.15, 0.2) is 11.5 Å². The molecule has 0 radical (unpaired) electrons. The molecule has 0 aliphatic carbocycles. The number of carbonyl (C=O) groups is 2. The minimum atomic E-state index is -0.279. The Kier molecular flexibility index (Phi) is 6.11. The molecule has 1 aliphatic rings. The van der Waals surface area contributed by atoms with Gasteiger partial charge in [-0.1, -0.05) is 13.8 Å². The van der Waals surface area contributed by atoms with E-state index >= 15 is 0 Å². The number of fused-ring (bicyclic) bond motifs is 1. The first-order valence-corrected chi connectivity index (χ1v) is 10.6. The number of amides is 2. The van der Waals surface area contributed by atoms with Gasteiger partial charge in [0.25, 0.3) is 5.91 Å². The number of carbonyl (C=O) groups excluding carboxylic acids is 2. The largest absolute Gasteiger partial charge is 0.490 e. The molecule has 2 aromatic carbocycles. The lowest BCUT2D eigenvalue weighted by Crippen LogP contribution is -2.17. The lowest BCUT2D eigenvalue weighted by molar-refractivity contribution is -0.118. The molecule has 1 aromatic heterocycles. The summed E-state index contributed by atoms with van der Waals surface area (Å²) in [4.78, 5) is 24.9. The summed E-state index contributed by atoms with van der Waals surface area (Å²) >= 11 is 0. The van der Waals surface area contributed by atoms with Gasteiger partial charge in [0.2, 0.25) is 5.91 Å². The van der Waals surface area contributed by atoms with Crippen molar-refractivity contribution in [2.75, 3.05) is 23.8 Å². The number of anilines is 2. The Morgan fingerprint density at radius 1 is 0.969 bits per heavy atom. The zero-order valence-electron chi connectivity index (χ0n) is 18.3. The molecule has 2 heterocycles. The van der Waals surface area contributed by atoms with Crippen molar-refractivity contribution in [3.05, 3.63) is 54.2 Å². The van der Waals surface area contributed by atoms with Gasteiger partial charge >= 0.3 is 0 Å². The second kappa shape index (κ2) is 9.13. The number of nitrogens with zero attached hydrogens (tertiary/aromatic N) is 2. The number of rotatable bonds is 5. The molecule has 8 heteroatoms. The van der Waals surface area contributed by atoms with E-state index in [4.69, 9.17) is 9.47 Å². The molecule has 0 atom stereocenters. The number of nitrogens with one attached hydrogen (secondary N) is 2. The number of hydrogen-bond donors (Lipinski definition) is 2.